The zero-order valence-corrected chi connectivity index (χ0v) is 11.1. The van der Waals surface area contributed by atoms with Gasteiger partial charge in [-0.15, -0.1) is 0 Å². The van der Waals surface area contributed by atoms with Crippen molar-refractivity contribution in [3.8, 4) is 0 Å². The van der Waals surface area contributed by atoms with Crippen molar-refractivity contribution in [2.24, 2.45) is 5.73 Å². The first kappa shape index (κ1) is 15.0. The first-order valence-electron chi connectivity index (χ1n) is 5.70. The van der Waals surface area contributed by atoms with E-state index >= 15 is 0 Å². The van der Waals surface area contributed by atoms with Crippen molar-refractivity contribution in [3.63, 3.8) is 0 Å². The lowest BCUT2D eigenvalue weighted by Crippen LogP contribution is -2.44. The van der Waals surface area contributed by atoms with Crippen molar-refractivity contribution in [2.75, 3.05) is 12.3 Å². The zero-order valence-electron chi connectivity index (χ0n) is 10.3. The summed E-state index contributed by atoms with van der Waals surface area (Å²) < 4.78 is 25.7. The van der Waals surface area contributed by atoms with E-state index < -0.39 is 22.2 Å². The summed E-state index contributed by atoms with van der Waals surface area (Å²) in [6, 6.07) is 2.95. The largest absolute Gasteiger partial charge is 0.392 e. The molecule has 4 N–H and O–H groups in total. The predicted molar refractivity (Wildman–Crippen MR) is 69.4 cm³/mol. The summed E-state index contributed by atoms with van der Waals surface area (Å²) in [5, 5.41) is 9.16. The number of aliphatic hydroxyl groups excluding tert-OH is 1. The number of nitrogens with one attached hydrogen (secondary N) is 1. The van der Waals surface area contributed by atoms with E-state index in [1.54, 1.807) is 24.5 Å². The first-order valence-corrected chi connectivity index (χ1v) is 7.36. The summed E-state index contributed by atoms with van der Waals surface area (Å²) in [5.74, 6) is -0.0104. The second-order valence-electron chi connectivity index (χ2n) is 4.18. The molecule has 0 aliphatic rings. The molecule has 0 radical (unpaired) electrons. The molecule has 0 saturated carbocycles. The van der Waals surface area contributed by atoms with Gasteiger partial charge in [-0.25, -0.2) is 13.1 Å². The molecule has 2 unspecified atom stereocenters. The fourth-order valence-corrected chi connectivity index (χ4v) is 2.36. The van der Waals surface area contributed by atoms with Crippen molar-refractivity contribution in [3.05, 3.63) is 30.1 Å². The molecule has 0 aromatic carbocycles. The lowest BCUT2D eigenvalue weighted by atomic mass is 10.2. The van der Waals surface area contributed by atoms with Gasteiger partial charge in [0.15, 0.2) is 0 Å². The van der Waals surface area contributed by atoms with Gasteiger partial charge in [0.1, 0.15) is 0 Å². The summed E-state index contributed by atoms with van der Waals surface area (Å²) in [7, 11) is -3.37. The number of hydrogen-bond acceptors (Lipinski definition) is 5. The Labute approximate surface area is 107 Å². The molecule has 7 heteroatoms. The number of aliphatic hydroxyl groups is 1. The molecule has 0 fully saturated rings. The Morgan fingerprint density at radius 1 is 1.44 bits per heavy atom. The van der Waals surface area contributed by atoms with Crippen LogP contribution in [0.15, 0.2) is 24.5 Å². The normalized spacial score (nSPS) is 15.3. The molecule has 6 nitrogen and oxygen atoms in total. The van der Waals surface area contributed by atoms with Gasteiger partial charge in [0, 0.05) is 25.0 Å². The highest BCUT2D eigenvalue weighted by Gasteiger charge is 2.15. The van der Waals surface area contributed by atoms with Gasteiger partial charge in [0.25, 0.3) is 0 Å². The second kappa shape index (κ2) is 6.79. The number of aromatic nitrogens is 1. The van der Waals surface area contributed by atoms with E-state index in [-0.39, 0.29) is 12.3 Å². The maximum absolute atomic E-state index is 11.7. The van der Waals surface area contributed by atoms with Crippen LogP contribution in [0.25, 0.3) is 0 Å². The number of rotatable bonds is 7. The van der Waals surface area contributed by atoms with Gasteiger partial charge in [0.2, 0.25) is 10.0 Å². The van der Waals surface area contributed by atoms with E-state index in [9.17, 15) is 8.42 Å². The maximum atomic E-state index is 11.7. The summed E-state index contributed by atoms with van der Waals surface area (Å²) in [4.78, 5) is 3.86. The lowest BCUT2D eigenvalue weighted by molar-refractivity contribution is 0.164. The minimum absolute atomic E-state index is 0.0104. The van der Waals surface area contributed by atoms with Gasteiger partial charge in [-0.1, -0.05) is 0 Å². The molecule has 0 spiro atoms. The van der Waals surface area contributed by atoms with Gasteiger partial charge < -0.3 is 10.8 Å². The highest BCUT2D eigenvalue weighted by molar-refractivity contribution is 7.89. The van der Waals surface area contributed by atoms with Gasteiger partial charge in [0.05, 0.1) is 11.9 Å². The Morgan fingerprint density at radius 2 is 2.06 bits per heavy atom. The molecule has 1 aromatic heterocycles. The van der Waals surface area contributed by atoms with Crippen molar-refractivity contribution >= 4 is 10.0 Å². The number of nitrogens with two attached hydrogens (primary N) is 1. The minimum Gasteiger partial charge on any atom is -0.392 e. The Balaban J connectivity index is 2.41. The number of nitrogens with zero attached hydrogens (tertiary/aromatic N) is 1. The summed E-state index contributed by atoms with van der Waals surface area (Å²) in [6.07, 6.45) is 2.92. The van der Waals surface area contributed by atoms with E-state index in [1.165, 1.54) is 6.92 Å². The third-order valence-corrected chi connectivity index (χ3v) is 3.92. The van der Waals surface area contributed by atoms with Crippen LogP contribution in [0.1, 0.15) is 12.5 Å². The van der Waals surface area contributed by atoms with E-state index in [0.717, 1.165) is 5.56 Å². The Morgan fingerprint density at radius 3 is 2.61 bits per heavy atom. The van der Waals surface area contributed by atoms with E-state index in [1.807, 2.05) is 0 Å². The molecular weight excluding hydrogens is 254 g/mol. The van der Waals surface area contributed by atoms with Crippen LogP contribution >= 0.6 is 0 Å². The molecular formula is C11H19N3O3S. The van der Waals surface area contributed by atoms with Crippen LogP contribution in [0.5, 0.6) is 0 Å². The second-order valence-corrected chi connectivity index (χ2v) is 6.10. The van der Waals surface area contributed by atoms with Crippen molar-refractivity contribution in [1.29, 1.82) is 0 Å². The average Bonchev–Trinajstić information content (AvgIpc) is 2.35. The van der Waals surface area contributed by atoms with Crippen LogP contribution in [0, 0.1) is 0 Å². The predicted octanol–water partition coefficient (Wildman–Crippen LogP) is -0.748. The molecule has 1 heterocycles. The van der Waals surface area contributed by atoms with E-state index in [2.05, 4.69) is 9.71 Å². The Bertz CT molecular complexity index is 448. The SMILES string of the molecule is CC(O)C(N)CNS(=O)(=O)CCc1ccncc1. The van der Waals surface area contributed by atoms with Crippen LogP contribution in [0.4, 0.5) is 0 Å². The fraction of sp³-hybridized carbons (Fsp3) is 0.545. The third kappa shape index (κ3) is 5.54. The number of hydrogen-bond donors (Lipinski definition) is 3. The molecule has 1 aromatic rings. The Hall–Kier alpha value is -1.02. The minimum atomic E-state index is -3.37. The highest BCUT2D eigenvalue weighted by atomic mass is 32.2. The van der Waals surface area contributed by atoms with Crippen LogP contribution < -0.4 is 10.5 Å². The quantitative estimate of drug-likeness (QED) is 0.606. The van der Waals surface area contributed by atoms with E-state index in [4.69, 9.17) is 10.8 Å². The maximum Gasteiger partial charge on any atom is 0.211 e. The molecule has 0 amide bonds. The monoisotopic (exact) mass is 273 g/mol. The number of aryl methyl sites for hydroxylation is 1. The van der Waals surface area contributed by atoms with Crippen molar-refractivity contribution < 1.29 is 13.5 Å². The number of sulfonamides is 1. The molecule has 18 heavy (non-hydrogen) atoms. The van der Waals surface area contributed by atoms with Gasteiger partial charge in [-0.05, 0) is 31.0 Å². The van der Waals surface area contributed by atoms with Crippen LogP contribution in [0.3, 0.4) is 0 Å². The van der Waals surface area contributed by atoms with Gasteiger partial charge >= 0.3 is 0 Å². The number of pyridine rings is 1. The van der Waals surface area contributed by atoms with Crippen molar-refractivity contribution in [2.45, 2.75) is 25.5 Å². The molecule has 102 valence electrons. The van der Waals surface area contributed by atoms with Crippen LogP contribution in [-0.4, -0.2) is 43.0 Å². The summed E-state index contributed by atoms with van der Waals surface area (Å²) in [5.41, 5.74) is 6.46. The van der Waals surface area contributed by atoms with E-state index in [0.29, 0.717) is 6.42 Å². The zero-order chi connectivity index (χ0) is 13.6. The lowest BCUT2D eigenvalue weighted by Gasteiger charge is -2.15. The molecule has 1 rings (SSSR count). The fourth-order valence-electron chi connectivity index (χ4n) is 1.27. The summed E-state index contributed by atoms with van der Waals surface area (Å²) in [6.45, 7) is 1.56. The molecule has 2 atom stereocenters. The smallest absolute Gasteiger partial charge is 0.211 e. The van der Waals surface area contributed by atoms with Gasteiger partial charge in [-0.3, -0.25) is 4.98 Å². The Kier molecular flexibility index (Phi) is 5.67. The van der Waals surface area contributed by atoms with Crippen molar-refractivity contribution in [1.82, 2.24) is 9.71 Å². The summed E-state index contributed by atoms with van der Waals surface area (Å²) >= 11 is 0. The average molecular weight is 273 g/mol. The molecule has 0 aliphatic heterocycles. The first-order chi connectivity index (χ1) is 8.41. The highest BCUT2D eigenvalue weighted by Crippen LogP contribution is 2.00. The standard InChI is InChI=1S/C11H19N3O3S/c1-9(15)11(12)8-14-18(16,17)7-4-10-2-5-13-6-3-10/h2-3,5-6,9,11,14-15H,4,7-8,12H2,1H3. The third-order valence-electron chi connectivity index (χ3n) is 2.57. The molecule has 0 saturated heterocycles. The molecule has 0 aliphatic carbocycles. The van der Waals surface area contributed by atoms with Crippen LogP contribution in [-0.2, 0) is 16.4 Å². The topological polar surface area (TPSA) is 105 Å². The van der Waals surface area contributed by atoms with Crippen LogP contribution in [0.2, 0.25) is 0 Å². The van der Waals surface area contributed by atoms with Gasteiger partial charge in [-0.2, -0.15) is 0 Å². The molecule has 0 bridgehead atoms.